The molecule has 3 nitrogen and oxygen atoms in total. The van der Waals surface area contributed by atoms with Crippen LogP contribution in [-0.2, 0) is 0 Å². The Morgan fingerprint density at radius 2 is 2.00 bits per heavy atom. The molecule has 0 aromatic rings. The zero-order chi connectivity index (χ0) is 12.5. The van der Waals surface area contributed by atoms with E-state index in [0.29, 0.717) is 0 Å². The van der Waals surface area contributed by atoms with Crippen molar-refractivity contribution >= 4 is 0 Å². The number of nitrogens with zero attached hydrogens (tertiary/aromatic N) is 2. The van der Waals surface area contributed by atoms with Crippen LogP contribution in [-0.4, -0.2) is 60.6 Å². The summed E-state index contributed by atoms with van der Waals surface area (Å²) in [5, 5.41) is 3.77. The Kier molecular flexibility index (Phi) is 3.92. The minimum atomic E-state index is 0.826. The second-order valence-corrected chi connectivity index (χ2v) is 6.47. The Morgan fingerprint density at radius 3 is 2.61 bits per heavy atom. The zero-order valence-electron chi connectivity index (χ0n) is 12.1. The molecule has 0 aliphatic carbocycles. The molecule has 3 heterocycles. The maximum absolute atomic E-state index is 3.77. The maximum atomic E-state index is 3.77. The van der Waals surface area contributed by atoms with Gasteiger partial charge in [-0.2, -0.15) is 0 Å². The van der Waals surface area contributed by atoms with Crippen molar-refractivity contribution in [2.24, 2.45) is 5.92 Å². The molecule has 3 fully saturated rings. The lowest BCUT2D eigenvalue weighted by Crippen LogP contribution is -2.39. The summed E-state index contributed by atoms with van der Waals surface area (Å²) in [6.07, 6.45) is 5.69. The van der Waals surface area contributed by atoms with Crippen LogP contribution in [0.25, 0.3) is 0 Å². The topological polar surface area (TPSA) is 18.5 Å². The van der Waals surface area contributed by atoms with Crippen LogP contribution in [0.4, 0.5) is 0 Å². The zero-order valence-corrected chi connectivity index (χ0v) is 12.1. The highest BCUT2D eigenvalue weighted by atomic mass is 15.3. The highest BCUT2D eigenvalue weighted by Gasteiger charge is 2.40. The normalized spacial score (nSPS) is 40.2. The molecule has 3 heteroatoms. The second-order valence-electron chi connectivity index (χ2n) is 6.47. The fraction of sp³-hybridized carbons (Fsp3) is 1.00. The minimum absolute atomic E-state index is 0.826. The number of fused-ring (bicyclic) bond motifs is 2. The van der Waals surface area contributed by atoms with Crippen molar-refractivity contribution in [1.82, 2.24) is 15.1 Å². The van der Waals surface area contributed by atoms with Gasteiger partial charge in [0.2, 0.25) is 0 Å². The van der Waals surface area contributed by atoms with E-state index in [1.165, 1.54) is 58.4 Å². The van der Waals surface area contributed by atoms with Gasteiger partial charge >= 0.3 is 0 Å². The first-order valence-corrected chi connectivity index (χ1v) is 8.02. The standard InChI is InChI=1S/C15H29N3/c1-3-18(4-2)14-7-8-17(11-14)10-12-9-13-5-6-15(12)16-13/h12-16H,3-11H2,1-2H3. The molecule has 3 rings (SSSR count). The molecule has 2 bridgehead atoms. The number of likely N-dealkylation sites (N-methyl/N-ethyl adjacent to an activating group) is 1. The van der Waals surface area contributed by atoms with E-state index < -0.39 is 0 Å². The van der Waals surface area contributed by atoms with Crippen molar-refractivity contribution < 1.29 is 0 Å². The maximum Gasteiger partial charge on any atom is 0.0235 e. The van der Waals surface area contributed by atoms with Gasteiger partial charge in [0.25, 0.3) is 0 Å². The third kappa shape index (κ3) is 2.45. The van der Waals surface area contributed by atoms with Gasteiger partial charge in [0.05, 0.1) is 0 Å². The highest BCUT2D eigenvalue weighted by molar-refractivity contribution is 4.99. The van der Waals surface area contributed by atoms with E-state index in [1.807, 2.05) is 0 Å². The number of nitrogens with one attached hydrogen (secondary N) is 1. The largest absolute Gasteiger partial charge is 0.311 e. The molecule has 1 N–H and O–H groups in total. The lowest BCUT2D eigenvalue weighted by molar-refractivity contribution is 0.195. The van der Waals surface area contributed by atoms with Crippen LogP contribution in [0.3, 0.4) is 0 Å². The lowest BCUT2D eigenvalue weighted by Gasteiger charge is -2.28. The van der Waals surface area contributed by atoms with Crippen LogP contribution in [0, 0.1) is 5.92 Å². The number of likely N-dealkylation sites (tertiary alicyclic amines) is 1. The first kappa shape index (κ1) is 12.9. The van der Waals surface area contributed by atoms with Gasteiger partial charge < -0.3 is 10.2 Å². The Balaban J connectivity index is 1.48. The van der Waals surface area contributed by atoms with E-state index in [2.05, 4.69) is 29.0 Å². The number of rotatable bonds is 5. The monoisotopic (exact) mass is 251 g/mol. The van der Waals surface area contributed by atoms with Crippen molar-refractivity contribution in [3.8, 4) is 0 Å². The molecule has 0 aromatic heterocycles. The third-order valence-electron chi connectivity index (χ3n) is 5.50. The summed E-state index contributed by atoms with van der Waals surface area (Å²) in [7, 11) is 0. The van der Waals surface area contributed by atoms with E-state index in [0.717, 1.165) is 24.0 Å². The highest BCUT2D eigenvalue weighted by Crippen LogP contribution is 2.34. The van der Waals surface area contributed by atoms with Crippen molar-refractivity contribution in [3.05, 3.63) is 0 Å². The van der Waals surface area contributed by atoms with Crippen LogP contribution in [0.5, 0.6) is 0 Å². The quantitative estimate of drug-likeness (QED) is 0.800. The second kappa shape index (κ2) is 5.48. The Morgan fingerprint density at radius 1 is 1.17 bits per heavy atom. The van der Waals surface area contributed by atoms with E-state index in [-0.39, 0.29) is 0 Å². The van der Waals surface area contributed by atoms with Crippen LogP contribution in [0.1, 0.15) is 39.5 Å². The summed E-state index contributed by atoms with van der Waals surface area (Å²) in [5.41, 5.74) is 0. The fourth-order valence-corrected chi connectivity index (χ4v) is 4.49. The molecular weight excluding hydrogens is 222 g/mol. The molecule has 0 radical (unpaired) electrons. The first-order chi connectivity index (χ1) is 8.80. The van der Waals surface area contributed by atoms with Crippen LogP contribution < -0.4 is 5.32 Å². The lowest BCUT2D eigenvalue weighted by atomic mass is 9.89. The summed E-state index contributed by atoms with van der Waals surface area (Å²) in [4.78, 5) is 5.37. The molecule has 0 saturated carbocycles. The fourth-order valence-electron chi connectivity index (χ4n) is 4.49. The summed E-state index contributed by atoms with van der Waals surface area (Å²) < 4.78 is 0. The van der Waals surface area contributed by atoms with Gasteiger partial charge in [0.15, 0.2) is 0 Å². The van der Waals surface area contributed by atoms with E-state index in [1.54, 1.807) is 0 Å². The van der Waals surface area contributed by atoms with Gasteiger partial charge in [-0.15, -0.1) is 0 Å². The van der Waals surface area contributed by atoms with Crippen molar-refractivity contribution in [2.75, 3.05) is 32.7 Å². The average Bonchev–Trinajstić information content (AvgIpc) is 3.07. The minimum Gasteiger partial charge on any atom is -0.311 e. The van der Waals surface area contributed by atoms with Gasteiger partial charge in [-0.1, -0.05) is 13.8 Å². The molecule has 104 valence electrons. The van der Waals surface area contributed by atoms with Crippen molar-refractivity contribution in [2.45, 2.75) is 57.7 Å². The van der Waals surface area contributed by atoms with Gasteiger partial charge in [-0.3, -0.25) is 4.90 Å². The summed E-state index contributed by atoms with van der Waals surface area (Å²) >= 11 is 0. The summed E-state index contributed by atoms with van der Waals surface area (Å²) in [6, 6.07) is 2.54. The van der Waals surface area contributed by atoms with Crippen molar-refractivity contribution in [1.29, 1.82) is 0 Å². The van der Waals surface area contributed by atoms with Gasteiger partial charge in [0, 0.05) is 31.2 Å². The molecule has 18 heavy (non-hydrogen) atoms. The Bertz CT molecular complexity index is 277. The van der Waals surface area contributed by atoms with Gasteiger partial charge in [0.1, 0.15) is 0 Å². The molecule has 3 aliphatic rings. The Hall–Kier alpha value is -0.120. The van der Waals surface area contributed by atoms with E-state index in [9.17, 15) is 0 Å². The number of hydrogen-bond acceptors (Lipinski definition) is 3. The molecule has 0 aromatic carbocycles. The van der Waals surface area contributed by atoms with Gasteiger partial charge in [-0.25, -0.2) is 0 Å². The van der Waals surface area contributed by atoms with Crippen LogP contribution in [0.2, 0.25) is 0 Å². The third-order valence-corrected chi connectivity index (χ3v) is 5.50. The molecule has 0 amide bonds. The van der Waals surface area contributed by atoms with E-state index in [4.69, 9.17) is 0 Å². The SMILES string of the molecule is CCN(CC)C1CCN(CC2CC3CCC2N3)C1. The molecule has 3 saturated heterocycles. The van der Waals surface area contributed by atoms with Crippen LogP contribution in [0.15, 0.2) is 0 Å². The summed E-state index contributed by atoms with van der Waals surface area (Å²) in [6.45, 7) is 11.0. The molecule has 0 spiro atoms. The Labute approximate surface area is 112 Å². The predicted octanol–water partition coefficient (Wildman–Crippen LogP) is 1.54. The number of hydrogen-bond donors (Lipinski definition) is 1. The average molecular weight is 251 g/mol. The first-order valence-electron chi connectivity index (χ1n) is 8.02. The summed E-state index contributed by atoms with van der Waals surface area (Å²) in [5.74, 6) is 0.944. The van der Waals surface area contributed by atoms with E-state index >= 15 is 0 Å². The molecule has 4 unspecified atom stereocenters. The predicted molar refractivity (Wildman–Crippen MR) is 75.8 cm³/mol. The van der Waals surface area contributed by atoms with Crippen LogP contribution >= 0.6 is 0 Å². The smallest absolute Gasteiger partial charge is 0.0235 e. The molecule has 4 atom stereocenters. The molecular formula is C15H29N3. The van der Waals surface area contributed by atoms with Gasteiger partial charge in [-0.05, 0) is 51.2 Å². The molecule has 3 aliphatic heterocycles. The van der Waals surface area contributed by atoms with Crippen molar-refractivity contribution in [3.63, 3.8) is 0 Å².